The van der Waals surface area contributed by atoms with Crippen LogP contribution in [0.25, 0.3) is 0 Å². The lowest BCUT2D eigenvalue weighted by molar-refractivity contribution is 0.00759. The van der Waals surface area contributed by atoms with Crippen LogP contribution in [0.4, 0.5) is 0 Å². The van der Waals surface area contributed by atoms with E-state index in [9.17, 15) is 15.3 Å². The molecule has 3 N–H and O–H groups in total. The van der Waals surface area contributed by atoms with Crippen LogP contribution in [0.5, 0.6) is 17.2 Å². The summed E-state index contributed by atoms with van der Waals surface area (Å²) in [5.41, 5.74) is 4.58. The first-order valence-corrected chi connectivity index (χ1v) is 20.5. The van der Waals surface area contributed by atoms with Gasteiger partial charge in [0.2, 0.25) is 0 Å². The molecule has 0 aromatic heterocycles. The number of benzene rings is 4. The second kappa shape index (κ2) is 20.0. The van der Waals surface area contributed by atoms with Gasteiger partial charge in [-0.05, 0) is 71.1 Å². The number of aliphatic hydroxyl groups excluding tert-OH is 3. The third kappa shape index (κ3) is 12.5. The molecular formula is C47H58O12. The Balaban J connectivity index is 1.03. The van der Waals surface area contributed by atoms with E-state index in [0.717, 1.165) is 34.4 Å². The Morgan fingerprint density at radius 2 is 0.695 bits per heavy atom. The third-order valence-corrected chi connectivity index (χ3v) is 11.0. The fraction of sp³-hybridized carbons (Fsp3) is 0.489. The lowest BCUT2D eigenvalue weighted by Gasteiger charge is -2.33. The van der Waals surface area contributed by atoms with E-state index >= 15 is 0 Å². The van der Waals surface area contributed by atoms with Crippen molar-refractivity contribution in [3.8, 4) is 17.2 Å². The number of hydrogen-bond donors (Lipinski definition) is 3. The highest BCUT2D eigenvalue weighted by Crippen LogP contribution is 2.41. The number of aliphatic hydroxyl groups is 3. The smallest absolute Gasteiger partial charge is 0.119 e. The maximum absolute atomic E-state index is 10.4. The molecule has 318 valence electrons. The summed E-state index contributed by atoms with van der Waals surface area (Å²) in [6, 6.07) is 32.7. The van der Waals surface area contributed by atoms with Gasteiger partial charge in [0.1, 0.15) is 73.7 Å². The van der Waals surface area contributed by atoms with E-state index in [0.29, 0.717) is 50.3 Å². The topological polar surface area (TPSA) is 154 Å². The van der Waals surface area contributed by atoms with Crippen molar-refractivity contribution in [3.63, 3.8) is 0 Å². The monoisotopic (exact) mass is 814 g/mol. The molecule has 3 aliphatic heterocycles. The number of hydrogen-bond acceptors (Lipinski definition) is 12. The van der Waals surface area contributed by atoms with Gasteiger partial charge in [-0.2, -0.15) is 0 Å². The fourth-order valence-electron chi connectivity index (χ4n) is 6.84. The first-order chi connectivity index (χ1) is 28.6. The average molecular weight is 815 g/mol. The van der Waals surface area contributed by atoms with E-state index in [-0.39, 0.29) is 63.4 Å². The quantitative estimate of drug-likeness (QED) is 0.0588. The van der Waals surface area contributed by atoms with E-state index in [2.05, 4.69) is 81.4 Å². The third-order valence-electron chi connectivity index (χ3n) is 11.0. The van der Waals surface area contributed by atoms with Gasteiger partial charge in [-0.1, -0.05) is 74.5 Å². The van der Waals surface area contributed by atoms with Crippen molar-refractivity contribution in [2.75, 3.05) is 79.3 Å². The van der Waals surface area contributed by atoms with Gasteiger partial charge in [-0.25, -0.2) is 0 Å². The Labute approximate surface area is 346 Å². The van der Waals surface area contributed by atoms with Crippen LogP contribution in [0.3, 0.4) is 0 Å². The molecule has 4 aromatic carbocycles. The van der Waals surface area contributed by atoms with Crippen molar-refractivity contribution in [3.05, 3.63) is 125 Å². The number of ether oxygens (including phenoxy) is 9. The molecule has 3 aliphatic rings. The summed E-state index contributed by atoms with van der Waals surface area (Å²) in [5.74, 6) is 1.98. The molecule has 3 heterocycles. The normalized spacial score (nSPS) is 20.9. The standard InChI is InChI=1S/C47H58O12/c1-46(2,33-8-14-40(15-9-33)54-23-37(48)20-51-26-43-29-57-43)32-4-6-34(7-5-32)47(3,35-10-16-41(17-11-35)55-24-38(49)21-52-27-44-30-58-44)36-12-18-42(19-13-36)56-25-39(50)22-53-28-45-31-59-45/h4-19,37-39,43-45,48-50H,20-31H2,1-3H3. The van der Waals surface area contributed by atoms with Crippen molar-refractivity contribution in [1.82, 2.24) is 0 Å². The predicted octanol–water partition coefficient (Wildman–Crippen LogP) is 4.83. The minimum Gasteiger partial charge on any atom is -0.491 e. The average Bonchev–Trinajstić information content (AvgIpc) is 4.09. The molecular weight excluding hydrogens is 757 g/mol. The number of epoxide rings is 3. The van der Waals surface area contributed by atoms with Crippen LogP contribution in [0.15, 0.2) is 97.1 Å². The summed E-state index contributed by atoms with van der Waals surface area (Å²) < 4.78 is 49.7. The van der Waals surface area contributed by atoms with E-state index in [4.69, 9.17) is 42.6 Å². The van der Waals surface area contributed by atoms with E-state index in [1.54, 1.807) is 0 Å². The summed E-state index contributed by atoms with van der Waals surface area (Å²) in [7, 11) is 0. The van der Waals surface area contributed by atoms with Crippen molar-refractivity contribution in [1.29, 1.82) is 0 Å². The van der Waals surface area contributed by atoms with Crippen LogP contribution in [0, 0.1) is 0 Å². The highest BCUT2D eigenvalue weighted by atomic mass is 16.6. The maximum atomic E-state index is 10.4. The minimum absolute atomic E-state index is 0.113. The second-order valence-electron chi connectivity index (χ2n) is 16.3. The van der Waals surface area contributed by atoms with E-state index in [1.807, 2.05) is 36.4 Å². The van der Waals surface area contributed by atoms with Crippen molar-refractivity contribution >= 4 is 0 Å². The van der Waals surface area contributed by atoms with Gasteiger partial charge < -0.3 is 58.0 Å². The molecule has 0 bridgehead atoms. The Morgan fingerprint density at radius 3 is 0.983 bits per heavy atom. The van der Waals surface area contributed by atoms with Gasteiger partial charge in [-0.3, -0.25) is 0 Å². The molecule has 0 radical (unpaired) electrons. The molecule has 3 saturated heterocycles. The van der Waals surface area contributed by atoms with Crippen LogP contribution in [-0.4, -0.2) is 131 Å². The van der Waals surface area contributed by atoms with Gasteiger partial charge in [0.15, 0.2) is 0 Å². The van der Waals surface area contributed by atoms with E-state index in [1.165, 1.54) is 0 Å². The van der Waals surface area contributed by atoms with Gasteiger partial charge in [0.25, 0.3) is 0 Å². The van der Waals surface area contributed by atoms with Gasteiger partial charge in [0, 0.05) is 10.8 Å². The van der Waals surface area contributed by atoms with Crippen LogP contribution in [0.1, 0.15) is 48.6 Å². The Kier molecular flexibility index (Phi) is 14.6. The number of rotatable bonds is 26. The molecule has 4 aromatic rings. The summed E-state index contributed by atoms with van der Waals surface area (Å²) in [4.78, 5) is 0. The summed E-state index contributed by atoms with van der Waals surface area (Å²) in [6.07, 6.45) is -1.78. The first kappa shape index (κ1) is 43.0. The highest BCUT2D eigenvalue weighted by molar-refractivity contribution is 5.53. The van der Waals surface area contributed by atoms with Crippen LogP contribution in [-0.2, 0) is 39.3 Å². The maximum Gasteiger partial charge on any atom is 0.119 e. The molecule has 0 aliphatic carbocycles. The van der Waals surface area contributed by atoms with Gasteiger partial charge in [0.05, 0.1) is 59.5 Å². The lowest BCUT2D eigenvalue weighted by Crippen LogP contribution is -2.26. The van der Waals surface area contributed by atoms with Crippen molar-refractivity contribution in [2.24, 2.45) is 0 Å². The summed E-state index contributed by atoms with van der Waals surface area (Å²) in [6.45, 7) is 11.1. The zero-order valence-electron chi connectivity index (χ0n) is 34.2. The van der Waals surface area contributed by atoms with Crippen molar-refractivity contribution in [2.45, 2.75) is 68.2 Å². The van der Waals surface area contributed by atoms with Gasteiger partial charge in [-0.15, -0.1) is 0 Å². The predicted molar refractivity (Wildman–Crippen MR) is 220 cm³/mol. The molecule has 12 heteroatoms. The van der Waals surface area contributed by atoms with Crippen LogP contribution in [0.2, 0.25) is 0 Å². The van der Waals surface area contributed by atoms with E-state index < -0.39 is 23.7 Å². The van der Waals surface area contributed by atoms with Crippen LogP contribution >= 0.6 is 0 Å². The first-order valence-electron chi connectivity index (χ1n) is 20.5. The largest absolute Gasteiger partial charge is 0.491 e. The molecule has 12 nitrogen and oxygen atoms in total. The zero-order valence-corrected chi connectivity index (χ0v) is 34.2. The highest BCUT2D eigenvalue weighted by Gasteiger charge is 2.33. The summed E-state index contributed by atoms with van der Waals surface area (Å²) in [5, 5.41) is 31.0. The Bertz CT molecular complexity index is 1780. The molecule has 0 spiro atoms. The molecule has 6 atom stereocenters. The molecule has 6 unspecified atom stereocenters. The molecule has 59 heavy (non-hydrogen) atoms. The van der Waals surface area contributed by atoms with Crippen LogP contribution < -0.4 is 14.2 Å². The molecule has 0 amide bonds. The minimum atomic E-state index is -0.753. The zero-order chi connectivity index (χ0) is 41.2. The Morgan fingerprint density at radius 1 is 0.441 bits per heavy atom. The molecule has 0 saturated carbocycles. The second-order valence-corrected chi connectivity index (χ2v) is 16.3. The fourth-order valence-corrected chi connectivity index (χ4v) is 6.84. The lowest BCUT2D eigenvalue weighted by atomic mass is 9.70. The molecule has 3 fully saturated rings. The Hall–Kier alpha value is -4.08. The van der Waals surface area contributed by atoms with Gasteiger partial charge >= 0.3 is 0 Å². The van der Waals surface area contributed by atoms with Crippen molar-refractivity contribution < 1.29 is 58.0 Å². The SMILES string of the molecule is CC(C)(c1ccc(OCC(O)COCC2CO2)cc1)c1ccc(C(C)(c2ccc(OCC(O)COCC3CO3)cc2)c2ccc(OCC(O)COCC3CO3)cc2)cc1. The molecule has 7 rings (SSSR count). The summed E-state index contributed by atoms with van der Waals surface area (Å²) >= 11 is 0.